The normalized spacial score (nSPS) is 19.0. The SMILES string of the molecule is CC(C)CN1CCOC(COC(=O)CCc2cccc(F)c2)C1. The number of carbonyl (C=O) groups excluding carboxylic acids is 1. The van der Waals surface area contributed by atoms with E-state index < -0.39 is 0 Å². The fourth-order valence-corrected chi connectivity index (χ4v) is 2.76. The van der Waals surface area contributed by atoms with E-state index >= 15 is 0 Å². The summed E-state index contributed by atoms with van der Waals surface area (Å²) in [6, 6.07) is 6.30. The number of aryl methyl sites for hydroxylation is 1. The van der Waals surface area contributed by atoms with Gasteiger partial charge < -0.3 is 9.47 Å². The summed E-state index contributed by atoms with van der Waals surface area (Å²) in [6.45, 7) is 8.12. The summed E-state index contributed by atoms with van der Waals surface area (Å²) >= 11 is 0. The van der Waals surface area contributed by atoms with Crippen LogP contribution in [0.2, 0.25) is 0 Å². The predicted octanol–water partition coefficient (Wildman–Crippen LogP) is 2.66. The summed E-state index contributed by atoms with van der Waals surface area (Å²) in [7, 11) is 0. The zero-order valence-corrected chi connectivity index (χ0v) is 14.0. The van der Waals surface area contributed by atoms with Gasteiger partial charge in [0, 0.05) is 26.1 Å². The molecule has 5 heteroatoms. The molecule has 1 aliphatic rings. The van der Waals surface area contributed by atoms with Crippen LogP contribution < -0.4 is 0 Å². The summed E-state index contributed by atoms with van der Waals surface area (Å²) in [6.07, 6.45) is 0.689. The number of benzene rings is 1. The first-order valence-electron chi connectivity index (χ1n) is 8.27. The van der Waals surface area contributed by atoms with E-state index in [2.05, 4.69) is 18.7 Å². The van der Waals surface area contributed by atoms with Crippen molar-refractivity contribution in [3.8, 4) is 0 Å². The molecule has 0 aromatic heterocycles. The Morgan fingerprint density at radius 2 is 2.30 bits per heavy atom. The lowest BCUT2D eigenvalue weighted by Crippen LogP contribution is -2.45. The zero-order valence-electron chi connectivity index (χ0n) is 14.0. The van der Waals surface area contributed by atoms with Gasteiger partial charge in [0.25, 0.3) is 0 Å². The van der Waals surface area contributed by atoms with Crippen LogP contribution in [0.3, 0.4) is 0 Å². The van der Waals surface area contributed by atoms with E-state index in [0.717, 1.165) is 25.2 Å². The summed E-state index contributed by atoms with van der Waals surface area (Å²) < 4.78 is 24.0. The van der Waals surface area contributed by atoms with Crippen molar-refractivity contribution in [2.45, 2.75) is 32.8 Å². The maximum absolute atomic E-state index is 13.1. The van der Waals surface area contributed by atoms with Gasteiger partial charge in [-0.2, -0.15) is 0 Å². The van der Waals surface area contributed by atoms with Gasteiger partial charge in [0.1, 0.15) is 18.5 Å². The molecule has 1 aromatic carbocycles. The lowest BCUT2D eigenvalue weighted by molar-refractivity contribution is -0.150. The second-order valence-corrected chi connectivity index (χ2v) is 6.46. The lowest BCUT2D eigenvalue weighted by atomic mass is 10.1. The summed E-state index contributed by atoms with van der Waals surface area (Å²) in [5.41, 5.74) is 0.805. The van der Waals surface area contributed by atoms with Crippen LogP contribution in [0.25, 0.3) is 0 Å². The minimum atomic E-state index is -0.281. The Morgan fingerprint density at radius 1 is 1.48 bits per heavy atom. The molecule has 4 nitrogen and oxygen atoms in total. The first-order valence-corrected chi connectivity index (χ1v) is 8.27. The second-order valence-electron chi connectivity index (χ2n) is 6.46. The molecule has 1 heterocycles. The number of carbonyl (C=O) groups is 1. The average Bonchev–Trinajstić information content (AvgIpc) is 2.51. The van der Waals surface area contributed by atoms with Crippen molar-refractivity contribution >= 4 is 5.97 Å². The highest BCUT2D eigenvalue weighted by Gasteiger charge is 2.22. The van der Waals surface area contributed by atoms with E-state index in [9.17, 15) is 9.18 Å². The third-order valence-corrected chi connectivity index (χ3v) is 3.78. The Hall–Kier alpha value is -1.46. The molecule has 1 unspecified atom stereocenters. The predicted molar refractivity (Wildman–Crippen MR) is 86.7 cm³/mol. The van der Waals surface area contributed by atoms with Crippen LogP contribution in [0.1, 0.15) is 25.8 Å². The number of halogens is 1. The number of hydrogen-bond acceptors (Lipinski definition) is 4. The molecule has 0 radical (unpaired) electrons. The van der Waals surface area contributed by atoms with Crippen molar-refractivity contribution in [1.29, 1.82) is 0 Å². The van der Waals surface area contributed by atoms with Gasteiger partial charge in [-0.05, 0) is 30.0 Å². The van der Waals surface area contributed by atoms with E-state index in [4.69, 9.17) is 9.47 Å². The molecule has 0 aliphatic carbocycles. The Kier molecular flexibility index (Phi) is 6.99. The van der Waals surface area contributed by atoms with Gasteiger partial charge in [0.2, 0.25) is 0 Å². The highest BCUT2D eigenvalue weighted by Crippen LogP contribution is 2.10. The molecule has 1 atom stereocenters. The van der Waals surface area contributed by atoms with Crippen LogP contribution in [0, 0.1) is 11.7 Å². The molecule has 0 bridgehead atoms. The average molecular weight is 323 g/mol. The Balaban J connectivity index is 1.67. The molecule has 0 spiro atoms. The van der Waals surface area contributed by atoms with Gasteiger partial charge in [-0.3, -0.25) is 9.69 Å². The first kappa shape index (κ1) is 17.9. The molecule has 2 rings (SSSR count). The maximum Gasteiger partial charge on any atom is 0.306 e. The zero-order chi connectivity index (χ0) is 16.7. The van der Waals surface area contributed by atoms with E-state index in [1.54, 1.807) is 6.07 Å². The number of rotatable bonds is 7. The third-order valence-electron chi connectivity index (χ3n) is 3.78. The van der Waals surface area contributed by atoms with Gasteiger partial charge in [-0.25, -0.2) is 4.39 Å². The maximum atomic E-state index is 13.1. The minimum absolute atomic E-state index is 0.0550. The number of ether oxygens (including phenoxy) is 2. The fourth-order valence-electron chi connectivity index (χ4n) is 2.76. The smallest absolute Gasteiger partial charge is 0.306 e. The van der Waals surface area contributed by atoms with Crippen LogP contribution in [0.15, 0.2) is 24.3 Å². The highest BCUT2D eigenvalue weighted by atomic mass is 19.1. The fraction of sp³-hybridized carbons (Fsp3) is 0.611. The molecule has 1 fully saturated rings. The van der Waals surface area contributed by atoms with Gasteiger partial charge in [0.15, 0.2) is 0 Å². The lowest BCUT2D eigenvalue weighted by Gasteiger charge is -2.33. The minimum Gasteiger partial charge on any atom is -0.463 e. The van der Waals surface area contributed by atoms with Gasteiger partial charge in [-0.1, -0.05) is 26.0 Å². The van der Waals surface area contributed by atoms with Gasteiger partial charge in [0.05, 0.1) is 6.61 Å². The van der Waals surface area contributed by atoms with Crippen molar-refractivity contribution in [1.82, 2.24) is 4.90 Å². The largest absolute Gasteiger partial charge is 0.463 e. The molecule has 1 aliphatic heterocycles. The van der Waals surface area contributed by atoms with Crippen molar-refractivity contribution < 1.29 is 18.7 Å². The highest BCUT2D eigenvalue weighted by molar-refractivity contribution is 5.69. The van der Waals surface area contributed by atoms with Gasteiger partial charge >= 0.3 is 5.97 Å². The molecule has 1 aromatic rings. The molecule has 0 amide bonds. The molecular formula is C18H26FNO3. The Morgan fingerprint density at radius 3 is 3.04 bits per heavy atom. The quantitative estimate of drug-likeness (QED) is 0.723. The standard InChI is InChI=1S/C18H26FNO3/c1-14(2)11-20-8-9-22-17(12-20)13-23-18(21)7-6-15-4-3-5-16(19)10-15/h3-5,10,14,17H,6-9,11-13H2,1-2H3. The number of hydrogen-bond donors (Lipinski definition) is 0. The Labute approximate surface area is 137 Å². The van der Waals surface area contributed by atoms with Crippen molar-refractivity contribution in [3.05, 3.63) is 35.6 Å². The van der Waals surface area contributed by atoms with Crippen molar-refractivity contribution in [2.24, 2.45) is 5.92 Å². The van der Waals surface area contributed by atoms with E-state index in [1.807, 2.05) is 6.07 Å². The topological polar surface area (TPSA) is 38.8 Å². The van der Waals surface area contributed by atoms with Crippen LogP contribution in [-0.4, -0.2) is 49.8 Å². The van der Waals surface area contributed by atoms with Crippen LogP contribution in [0.4, 0.5) is 4.39 Å². The van der Waals surface area contributed by atoms with Crippen LogP contribution in [-0.2, 0) is 20.7 Å². The van der Waals surface area contributed by atoms with E-state index in [1.165, 1.54) is 12.1 Å². The van der Waals surface area contributed by atoms with Crippen LogP contribution in [0.5, 0.6) is 0 Å². The monoisotopic (exact) mass is 323 g/mol. The summed E-state index contributed by atoms with van der Waals surface area (Å²) in [5, 5.41) is 0. The van der Waals surface area contributed by atoms with Gasteiger partial charge in [-0.15, -0.1) is 0 Å². The van der Waals surface area contributed by atoms with E-state index in [-0.39, 0.29) is 30.9 Å². The van der Waals surface area contributed by atoms with Crippen molar-refractivity contribution in [3.63, 3.8) is 0 Å². The Bertz CT molecular complexity index is 507. The first-order chi connectivity index (χ1) is 11.0. The molecule has 128 valence electrons. The summed E-state index contributed by atoms with van der Waals surface area (Å²) in [5.74, 6) is 0.0677. The molecule has 0 saturated carbocycles. The molecule has 0 N–H and O–H groups in total. The molecule has 1 saturated heterocycles. The number of morpholine rings is 1. The van der Waals surface area contributed by atoms with Crippen molar-refractivity contribution in [2.75, 3.05) is 32.8 Å². The molecular weight excluding hydrogens is 297 g/mol. The third kappa shape index (κ3) is 6.67. The van der Waals surface area contributed by atoms with E-state index in [0.29, 0.717) is 18.9 Å². The second kappa shape index (κ2) is 8.99. The summed E-state index contributed by atoms with van der Waals surface area (Å²) in [4.78, 5) is 14.2. The van der Waals surface area contributed by atoms with Crippen LogP contribution >= 0.6 is 0 Å². The molecule has 23 heavy (non-hydrogen) atoms. The number of nitrogens with zero attached hydrogens (tertiary/aromatic N) is 1. The number of esters is 1.